The molecule has 0 fully saturated rings. The Hall–Kier alpha value is -3.38. The van der Waals surface area contributed by atoms with Crippen LogP contribution in [0.1, 0.15) is 35.3 Å². The first-order valence-corrected chi connectivity index (χ1v) is 10.9. The van der Waals surface area contributed by atoms with Gasteiger partial charge in [0.05, 0.1) is 24.8 Å². The van der Waals surface area contributed by atoms with Gasteiger partial charge in [0.15, 0.2) is 11.5 Å². The normalized spacial score (nSPS) is 10.6. The van der Waals surface area contributed by atoms with Crippen LogP contribution in [-0.4, -0.2) is 26.2 Å². The number of amides is 1. The fourth-order valence-corrected chi connectivity index (χ4v) is 3.36. The molecule has 6 nitrogen and oxygen atoms in total. The standard InChI is InChI=1S/C26H28ClNO5/c1-17(2)28-26(29)22-13-14-23(32-15-18-5-9-20(30-3)10-6-18)25(24(22)27)33-16-19-7-11-21(31-4)12-8-19/h5-14,17H,15-16H2,1-4H3,(H,28,29). The molecular formula is C26H28ClNO5. The van der Waals surface area contributed by atoms with Gasteiger partial charge in [0.1, 0.15) is 24.7 Å². The minimum absolute atomic E-state index is 0.0248. The van der Waals surface area contributed by atoms with Crippen molar-refractivity contribution < 1.29 is 23.7 Å². The smallest absolute Gasteiger partial charge is 0.253 e. The van der Waals surface area contributed by atoms with E-state index in [1.165, 1.54) is 0 Å². The van der Waals surface area contributed by atoms with Crippen molar-refractivity contribution in [1.82, 2.24) is 5.32 Å². The first-order valence-electron chi connectivity index (χ1n) is 10.6. The van der Waals surface area contributed by atoms with Crippen molar-refractivity contribution in [3.8, 4) is 23.0 Å². The summed E-state index contributed by atoms with van der Waals surface area (Å²) in [5, 5.41) is 3.06. The van der Waals surface area contributed by atoms with Crippen LogP contribution in [0.3, 0.4) is 0 Å². The molecule has 7 heteroatoms. The number of hydrogen-bond acceptors (Lipinski definition) is 5. The van der Waals surface area contributed by atoms with Gasteiger partial charge in [0.2, 0.25) is 0 Å². The highest BCUT2D eigenvalue weighted by atomic mass is 35.5. The summed E-state index contributed by atoms with van der Waals surface area (Å²) in [6, 6.07) is 18.4. The van der Waals surface area contributed by atoms with Crippen molar-refractivity contribution >= 4 is 17.5 Å². The summed E-state index contributed by atoms with van der Waals surface area (Å²) >= 11 is 6.63. The molecule has 3 aromatic carbocycles. The highest BCUT2D eigenvalue weighted by Gasteiger charge is 2.20. The van der Waals surface area contributed by atoms with Gasteiger partial charge in [0, 0.05) is 6.04 Å². The predicted molar refractivity (Wildman–Crippen MR) is 129 cm³/mol. The van der Waals surface area contributed by atoms with E-state index in [1.807, 2.05) is 62.4 Å². The van der Waals surface area contributed by atoms with Gasteiger partial charge in [-0.2, -0.15) is 0 Å². The lowest BCUT2D eigenvalue weighted by atomic mass is 10.1. The summed E-state index contributed by atoms with van der Waals surface area (Å²) in [5.41, 5.74) is 2.20. The molecule has 0 radical (unpaired) electrons. The molecule has 0 atom stereocenters. The molecule has 0 unspecified atom stereocenters. The highest BCUT2D eigenvalue weighted by Crippen LogP contribution is 2.39. The number of benzene rings is 3. The lowest BCUT2D eigenvalue weighted by Gasteiger charge is -2.17. The number of carbonyl (C=O) groups is 1. The van der Waals surface area contributed by atoms with Gasteiger partial charge in [0.25, 0.3) is 5.91 Å². The molecule has 3 rings (SSSR count). The Bertz CT molecular complexity index is 1070. The van der Waals surface area contributed by atoms with E-state index in [0.29, 0.717) is 23.7 Å². The second kappa shape index (κ2) is 11.5. The first kappa shape index (κ1) is 24.3. The molecule has 0 aliphatic heterocycles. The third kappa shape index (κ3) is 6.56. The van der Waals surface area contributed by atoms with Gasteiger partial charge in [-0.25, -0.2) is 0 Å². The molecule has 0 spiro atoms. The Morgan fingerprint density at radius 1 is 0.818 bits per heavy atom. The quantitative estimate of drug-likeness (QED) is 0.415. The molecule has 0 saturated heterocycles. The highest BCUT2D eigenvalue weighted by molar-refractivity contribution is 6.35. The molecule has 0 aliphatic rings. The van der Waals surface area contributed by atoms with Crippen LogP contribution in [0, 0.1) is 0 Å². The molecule has 1 amide bonds. The second-order valence-corrected chi connectivity index (χ2v) is 8.03. The predicted octanol–water partition coefficient (Wildman–Crippen LogP) is 5.65. The van der Waals surface area contributed by atoms with Crippen LogP contribution in [-0.2, 0) is 13.2 Å². The van der Waals surface area contributed by atoms with Crippen LogP contribution in [0.2, 0.25) is 5.02 Å². The van der Waals surface area contributed by atoms with Crippen LogP contribution in [0.15, 0.2) is 60.7 Å². The number of ether oxygens (including phenoxy) is 4. The Balaban J connectivity index is 1.84. The monoisotopic (exact) mass is 469 g/mol. The Kier molecular flexibility index (Phi) is 8.44. The van der Waals surface area contributed by atoms with Crippen LogP contribution < -0.4 is 24.3 Å². The molecular weight excluding hydrogens is 442 g/mol. The third-order valence-electron chi connectivity index (χ3n) is 4.82. The van der Waals surface area contributed by atoms with Gasteiger partial charge in [-0.1, -0.05) is 35.9 Å². The average molecular weight is 470 g/mol. The molecule has 1 N–H and O–H groups in total. The molecule has 0 saturated carbocycles. The van der Waals surface area contributed by atoms with Crippen LogP contribution >= 0.6 is 11.6 Å². The molecule has 0 aliphatic carbocycles. The molecule has 3 aromatic rings. The third-order valence-corrected chi connectivity index (χ3v) is 5.20. The lowest BCUT2D eigenvalue weighted by Crippen LogP contribution is -2.30. The van der Waals surface area contributed by atoms with Crippen molar-refractivity contribution in [1.29, 1.82) is 0 Å². The van der Waals surface area contributed by atoms with E-state index < -0.39 is 0 Å². The Morgan fingerprint density at radius 2 is 1.33 bits per heavy atom. The molecule has 33 heavy (non-hydrogen) atoms. The van der Waals surface area contributed by atoms with E-state index in [4.69, 9.17) is 30.5 Å². The van der Waals surface area contributed by atoms with Gasteiger partial charge in [-0.15, -0.1) is 0 Å². The number of rotatable bonds is 10. The zero-order valence-electron chi connectivity index (χ0n) is 19.2. The maximum Gasteiger partial charge on any atom is 0.253 e. The van der Waals surface area contributed by atoms with Gasteiger partial charge in [-0.3, -0.25) is 4.79 Å². The van der Waals surface area contributed by atoms with Gasteiger partial charge in [-0.05, 0) is 61.4 Å². The summed E-state index contributed by atoms with van der Waals surface area (Å²) in [4.78, 5) is 12.6. The van der Waals surface area contributed by atoms with Crippen LogP contribution in [0.5, 0.6) is 23.0 Å². The second-order valence-electron chi connectivity index (χ2n) is 7.66. The minimum atomic E-state index is -0.272. The maximum absolute atomic E-state index is 12.6. The minimum Gasteiger partial charge on any atom is -0.497 e. The summed E-state index contributed by atoms with van der Waals surface area (Å²) in [6.45, 7) is 4.33. The maximum atomic E-state index is 12.6. The molecule has 0 heterocycles. The van der Waals surface area contributed by atoms with E-state index >= 15 is 0 Å². The first-order chi connectivity index (χ1) is 15.9. The SMILES string of the molecule is COc1ccc(COc2ccc(C(=O)NC(C)C)c(Cl)c2OCc2ccc(OC)cc2)cc1. The van der Waals surface area contributed by atoms with E-state index in [1.54, 1.807) is 26.4 Å². The topological polar surface area (TPSA) is 66.0 Å². The van der Waals surface area contributed by atoms with E-state index in [2.05, 4.69) is 5.32 Å². The molecule has 174 valence electrons. The number of hydrogen-bond donors (Lipinski definition) is 1. The van der Waals surface area contributed by atoms with Gasteiger partial charge >= 0.3 is 0 Å². The fraction of sp³-hybridized carbons (Fsp3) is 0.269. The zero-order chi connectivity index (χ0) is 23.8. The largest absolute Gasteiger partial charge is 0.497 e. The van der Waals surface area contributed by atoms with Crippen LogP contribution in [0.4, 0.5) is 0 Å². The zero-order valence-corrected chi connectivity index (χ0v) is 19.9. The lowest BCUT2D eigenvalue weighted by molar-refractivity contribution is 0.0942. The average Bonchev–Trinajstić information content (AvgIpc) is 2.82. The number of nitrogens with one attached hydrogen (secondary N) is 1. The number of halogens is 1. The van der Waals surface area contributed by atoms with E-state index in [-0.39, 0.29) is 23.6 Å². The van der Waals surface area contributed by atoms with Crippen LogP contribution in [0.25, 0.3) is 0 Å². The Morgan fingerprint density at radius 3 is 1.82 bits per heavy atom. The summed E-state index contributed by atoms with van der Waals surface area (Å²) in [7, 11) is 3.24. The Labute approximate surface area is 199 Å². The number of carbonyl (C=O) groups excluding carboxylic acids is 1. The van der Waals surface area contributed by atoms with Crippen molar-refractivity contribution in [2.75, 3.05) is 14.2 Å². The number of methoxy groups -OCH3 is 2. The summed E-state index contributed by atoms with van der Waals surface area (Å²) in [6.07, 6.45) is 0. The van der Waals surface area contributed by atoms with E-state index in [0.717, 1.165) is 22.6 Å². The van der Waals surface area contributed by atoms with Gasteiger partial charge < -0.3 is 24.3 Å². The van der Waals surface area contributed by atoms with Crippen molar-refractivity contribution in [2.45, 2.75) is 33.1 Å². The fourth-order valence-electron chi connectivity index (χ4n) is 3.06. The molecule has 0 bridgehead atoms. The summed E-state index contributed by atoms with van der Waals surface area (Å²) in [5.74, 6) is 2.02. The molecule has 0 aromatic heterocycles. The summed E-state index contributed by atoms with van der Waals surface area (Å²) < 4.78 is 22.5. The van der Waals surface area contributed by atoms with E-state index in [9.17, 15) is 4.79 Å². The van der Waals surface area contributed by atoms with Crippen molar-refractivity contribution in [3.63, 3.8) is 0 Å². The van der Waals surface area contributed by atoms with Crippen molar-refractivity contribution in [2.24, 2.45) is 0 Å². The van der Waals surface area contributed by atoms with Crippen molar-refractivity contribution in [3.05, 3.63) is 82.4 Å².